The molecule has 2 aromatic heterocycles. The van der Waals surface area contributed by atoms with E-state index < -0.39 is 0 Å². The Balaban J connectivity index is 1.27. The number of aromatic nitrogens is 4. The van der Waals surface area contributed by atoms with Gasteiger partial charge in [0.25, 0.3) is 11.8 Å². The molecule has 3 aliphatic rings. The second-order valence-corrected chi connectivity index (χ2v) is 9.57. The molecule has 3 aromatic rings. The molecular formula is C23H22N6O2S. The maximum Gasteiger partial charge on any atom is 0.260 e. The van der Waals surface area contributed by atoms with Gasteiger partial charge >= 0.3 is 0 Å². The molecule has 1 saturated heterocycles. The minimum atomic E-state index is -0.0957. The molecule has 0 spiro atoms. The van der Waals surface area contributed by atoms with E-state index in [4.69, 9.17) is 4.98 Å². The number of anilines is 1. The van der Waals surface area contributed by atoms with Crippen LogP contribution in [0, 0.1) is 0 Å². The van der Waals surface area contributed by atoms with Crippen molar-refractivity contribution in [2.24, 2.45) is 0 Å². The Bertz CT molecular complexity index is 1210. The van der Waals surface area contributed by atoms with Crippen molar-refractivity contribution in [3.05, 3.63) is 59.4 Å². The van der Waals surface area contributed by atoms with Crippen LogP contribution >= 0.6 is 11.8 Å². The van der Waals surface area contributed by atoms with Gasteiger partial charge < -0.3 is 9.47 Å². The van der Waals surface area contributed by atoms with E-state index in [1.165, 1.54) is 0 Å². The monoisotopic (exact) mass is 446 g/mol. The number of hydrogen-bond donors (Lipinski definition) is 0. The van der Waals surface area contributed by atoms with E-state index in [0.717, 1.165) is 48.8 Å². The molecule has 1 aromatic carbocycles. The molecule has 4 heterocycles. The highest BCUT2D eigenvalue weighted by atomic mass is 32.2. The lowest BCUT2D eigenvalue weighted by molar-refractivity contribution is 0.0772. The van der Waals surface area contributed by atoms with Crippen LogP contribution in [0.5, 0.6) is 0 Å². The summed E-state index contributed by atoms with van der Waals surface area (Å²) in [6.45, 7) is 1.94. The predicted molar refractivity (Wildman–Crippen MR) is 122 cm³/mol. The molecular weight excluding hydrogens is 424 g/mol. The molecule has 0 atom stereocenters. The molecule has 2 fully saturated rings. The number of amides is 2. The smallest absolute Gasteiger partial charge is 0.260 e. The lowest BCUT2D eigenvalue weighted by atomic mass is 10.1. The van der Waals surface area contributed by atoms with Crippen LogP contribution in [0.15, 0.2) is 42.7 Å². The van der Waals surface area contributed by atoms with Gasteiger partial charge in [-0.2, -0.15) is 11.8 Å². The van der Waals surface area contributed by atoms with Crippen LogP contribution in [0.2, 0.25) is 0 Å². The summed E-state index contributed by atoms with van der Waals surface area (Å²) in [4.78, 5) is 34.3. The molecule has 1 saturated carbocycles. The summed E-state index contributed by atoms with van der Waals surface area (Å²) in [6.07, 6.45) is 4.00. The van der Waals surface area contributed by atoms with Crippen LogP contribution in [-0.4, -0.2) is 61.1 Å². The maximum absolute atomic E-state index is 13.1. The van der Waals surface area contributed by atoms with Gasteiger partial charge in [0, 0.05) is 41.8 Å². The van der Waals surface area contributed by atoms with Crippen molar-refractivity contribution in [1.82, 2.24) is 24.6 Å². The number of thioether (sulfide) groups is 1. The first-order valence-corrected chi connectivity index (χ1v) is 12.0. The number of rotatable bonds is 4. The zero-order valence-corrected chi connectivity index (χ0v) is 18.3. The largest absolute Gasteiger partial charge is 0.337 e. The summed E-state index contributed by atoms with van der Waals surface area (Å²) in [5.41, 5.74) is 2.84. The Morgan fingerprint density at radius 1 is 1.09 bits per heavy atom. The van der Waals surface area contributed by atoms with E-state index in [2.05, 4.69) is 14.8 Å². The van der Waals surface area contributed by atoms with Crippen molar-refractivity contribution >= 4 is 29.4 Å². The van der Waals surface area contributed by atoms with Gasteiger partial charge in [0.05, 0.1) is 6.54 Å². The molecule has 0 radical (unpaired) electrons. The standard InChI is InChI=1S/C23H22N6O2S/c30-22(27-8-10-32-11-9-27)15-4-7-18-16(12-15)13-28(23(18)31)20-3-1-2-19(25-20)21-26-24-14-29(21)17-5-6-17/h1-4,7,12,14,17H,5-6,8-11,13H2. The van der Waals surface area contributed by atoms with Gasteiger partial charge in [-0.25, -0.2) is 4.98 Å². The summed E-state index contributed by atoms with van der Waals surface area (Å²) in [7, 11) is 0. The maximum atomic E-state index is 13.1. The molecule has 2 amide bonds. The Labute approximate surface area is 189 Å². The minimum Gasteiger partial charge on any atom is -0.337 e. The highest BCUT2D eigenvalue weighted by molar-refractivity contribution is 7.99. The topological polar surface area (TPSA) is 84.2 Å². The fourth-order valence-corrected chi connectivity index (χ4v) is 5.23. The van der Waals surface area contributed by atoms with Crippen molar-refractivity contribution in [3.63, 3.8) is 0 Å². The van der Waals surface area contributed by atoms with E-state index >= 15 is 0 Å². The number of fused-ring (bicyclic) bond motifs is 1. The Morgan fingerprint density at radius 2 is 1.94 bits per heavy atom. The van der Waals surface area contributed by atoms with E-state index in [1.807, 2.05) is 40.9 Å². The van der Waals surface area contributed by atoms with Crippen molar-refractivity contribution < 1.29 is 9.59 Å². The van der Waals surface area contributed by atoms with Gasteiger partial charge in [0.1, 0.15) is 17.8 Å². The molecule has 0 unspecified atom stereocenters. The molecule has 9 heteroatoms. The van der Waals surface area contributed by atoms with Gasteiger partial charge in [0.2, 0.25) is 0 Å². The molecule has 0 bridgehead atoms. The zero-order chi connectivity index (χ0) is 21.7. The Morgan fingerprint density at radius 3 is 2.75 bits per heavy atom. The molecule has 1 aliphatic carbocycles. The fourth-order valence-electron chi connectivity index (χ4n) is 4.33. The summed E-state index contributed by atoms with van der Waals surface area (Å²) in [6, 6.07) is 11.5. The second-order valence-electron chi connectivity index (χ2n) is 8.34. The molecule has 6 rings (SSSR count). The SMILES string of the molecule is O=C(c1ccc2c(c1)CN(c1cccc(-c3nncn3C3CC3)n1)C2=O)N1CCSCC1. The van der Waals surface area contributed by atoms with Crippen LogP contribution in [0.25, 0.3) is 11.5 Å². The van der Waals surface area contributed by atoms with Crippen LogP contribution in [0.4, 0.5) is 5.82 Å². The number of carbonyl (C=O) groups is 2. The summed E-state index contributed by atoms with van der Waals surface area (Å²) < 4.78 is 2.06. The van der Waals surface area contributed by atoms with Gasteiger partial charge in [-0.15, -0.1) is 10.2 Å². The van der Waals surface area contributed by atoms with Gasteiger partial charge in [-0.05, 0) is 48.7 Å². The van der Waals surface area contributed by atoms with Crippen molar-refractivity contribution in [1.29, 1.82) is 0 Å². The van der Waals surface area contributed by atoms with Gasteiger partial charge in [-0.3, -0.25) is 14.5 Å². The van der Waals surface area contributed by atoms with Crippen LogP contribution < -0.4 is 4.90 Å². The number of pyridine rings is 1. The van der Waals surface area contributed by atoms with Crippen LogP contribution in [0.3, 0.4) is 0 Å². The first kappa shape index (κ1) is 19.5. The van der Waals surface area contributed by atoms with Crippen molar-refractivity contribution in [3.8, 4) is 11.5 Å². The number of hydrogen-bond acceptors (Lipinski definition) is 6. The first-order chi connectivity index (χ1) is 15.7. The Hall–Kier alpha value is -3.20. The third-order valence-corrected chi connectivity index (χ3v) is 7.15. The molecule has 162 valence electrons. The number of carbonyl (C=O) groups excluding carboxylic acids is 2. The lowest BCUT2D eigenvalue weighted by Crippen LogP contribution is -2.37. The average Bonchev–Trinajstić information content (AvgIpc) is 3.47. The molecule has 8 nitrogen and oxygen atoms in total. The highest BCUT2D eigenvalue weighted by Crippen LogP contribution is 2.37. The highest BCUT2D eigenvalue weighted by Gasteiger charge is 2.32. The lowest BCUT2D eigenvalue weighted by Gasteiger charge is -2.26. The normalized spacial score (nSPS) is 18.2. The van der Waals surface area contributed by atoms with Crippen molar-refractivity contribution in [2.75, 3.05) is 29.5 Å². The quantitative estimate of drug-likeness (QED) is 0.613. The van der Waals surface area contributed by atoms with Gasteiger partial charge in [0.15, 0.2) is 5.82 Å². The van der Waals surface area contributed by atoms with Crippen LogP contribution in [0.1, 0.15) is 45.2 Å². The first-order valence-electron chi connectivity index (χ1n) is 10.9. The zero-order valence-electron chi connectivity index (χ0n) is 17.5. The molecule has 0 N–H and O–H groups in total. The predicted octanol–water partition coefficient (Wildman–Crippen LogP) is 3.02. The molecule has 32 heavy (non-hydrogen) atoms. The van der Waals surface area contributed by atoms with E-state index in [1.54, 1.807) is 23.4 Å². The van der Waals surface area contributed by atoms with E-state index in [9.17, 15) is 9.59 Å². The fraction of sp³-hybridized carbons (Fsp3) is 0.348. The second kappa shape index (κ2) is 7.74. The molecule has 2 aliphatic heterocycles. The summed E-state index contributed by atoms with van der Waals surface area (Å²) in [5, 5.41) is 8.31. The number of nitrogens with zero attached hydrogens (tertiary/aromatic N) is 6. The average molecular weight is 447 g/mol. The Kier molecular flexibility index (Phi) is 4.71. The van der Waals surface area contributed by atoms with Crippen LogP contribution in [-0.2, 0) is 6.54 Å². The minimum absolute atomic E-state index is 0.0403. The number of benzene rings is 1. The summed E-state index contributed by atoms with van der Waals surface area (Å²) in [5.74, 6) is 3.19. The summed E-state index contributed by atoms with van der Waals surface area (Å²) >= 11 is 1.87. The van der Waals surface area contributed by atoms with E-state index in [0.29, 0.717) is 35.2 Å². The third kappa shape index (κ3) is 3.37. The third-order valence-electron chi connectivity index (χ3n) is 6.21. The van der Waals surface area contributed by atoms with Crippen molar-refractivity contribution in [2.45, 2.75) is 25.4 Å². The van der Waals surface area contributed by atoms with E-state index in [-0.39, 0.29) is 11.8 Å². The van der Waals surface area contributed by atoms with Gasteiger partial charge in [-0.1, -0.05) is 6.07 Å².